The van der Waals surface area contributed by atoms with E-state index in [1.165, 1.54) is 19.3 Å². The summed E-state index contributed by atoms with van der Waals surface area (Å²) in [5.41, 5.74) is 5.42. The molecule has 4 nitrogen and oxygen atoms in total. The molecule has 3 rings (SSSR count). The molecule has 4 heteroatoms. The molecule has 0 radical (unpaired) electrons. The highest BCUT2D eigenvalue weighted by atomic mass is 16.4. The Morgan fingerprint density at radius 2 is 2.00 bits per heavy atom. The third-order valence-corrected chi connectivity index (χ3v) is 4.62. The average Bonchev–Trinajstić information content (AvgIpc) is 2.67. The van der Waals surface area contributed by atoms with E-state index in [4.69, 9.17) is 10.9 Å². The fourth-order valence-electron chi connectivity index (χ4n) is 4.02. The summed E-state index contributed by atoms with van der Waals surface area (Å²) in [4.78, 5) is 0. The van der Waals surface area contributed by atoms with Crippen LogP contribution in [-0.4, -0.2) is 23.6 Å². The van der Waals surface area contributed by atoms with E-state index in [1.807, 2.05) is 0 Å². The minimum Gasteiger partial charge on any atom is -0.409 e. The Bertz CT molecular complexity index is 276. The van der Waals surface area contributed by atoms with E-state index in [0.29, 0.717) is 12.3 Å². The predicted molar refractivity (Wildman–Crippen MR) is 57.6 cm³/mol. The third-order valence-electron chi connectivity index (χ3n) is 4.62. The zero-order valence-electron chi connectivity index (χ0n) is 8.89. The molecule has 0 spiro atoms. The summed E-state index contributed by atoms with van der Waals surface area (Å²) in [5, 5.41) is 14.9. The Morgan fingerprint density at radius 1 is 1.33 bits per heavy atom. The van der Waals surface area contributed by atoms with Gasteiger partial charge in [-0.05, 0) is 42.9 Å². The van der Waals surface area contributed by atoms with Crippen LogP contribution in [0.3, 0.4) is 0 Å². The summed E-state index contributed by atoms with van der Waals surface area (Å²) in [6, 6.07) is 0.753. The van der Waals surface area contributed by atoms with Gasteiger partial charge in [0, 0.05) is 19.0 Å². The fourth-order valence-corrected chi connectivity index (χ4v) is 4.02. The van der Waals surface area contributed by atoms with Crippen molar-refractivity contribution >= 4 is 5.84 Å². The van der Waals surface area contributed by atoms with E-state index in [9.17, 15) is 0 Å². The van der Waals surface area contributed by atoms with E-state index in [2.05, 4.69) is 10.5 Å². The molecule has 4 atom stereocenters. The van der Waals surface area contributed by atoms with Crippen molar-refractivity contribution in [2.45, 2.75) is 31.7 Å². The summed E-state index contributed by atoms with van der Waals surface area (Å²) in [7, 11) is 0. The van der Waals surface area contributed by atoms with Crippen LogP contribution in [0.1, 0.15) is 25.7 Å². The minimum atomic E-state index is 0.330. The van der Waals surface area contributed by atoms with Gasteiger partial charge in [-0.3, -0.25) is 0 Å². The van der Waals surface area contributed by atoms with Gasteiger partial charge in [-0.2, -0.15) is 0 Å². The van der Waals surface area contributed by atoms with Gasteiger partial charge in [0.25, 0.3) is 0 Å². The maximum Gasteiger partial charge on any atom is 0.140 e. The van der Waals surface area contributed by atoms with E-state index < -0.39 is 0 Å². The molecule has 0 aromatic rings. The molecule has 0 aromatic heterocycles. The molecule has 0 aliphatic heterocycles. The van der Waals surface area contributed by atoms with Crippen LogP contribution in [0, 0.1) is 23.7 Å². The fraction of sp³-hybridized carbons (Fsp3) is 0.909. The number of rotatable bonds is 4. The number of oxime groups is 1. The molecule has 3 aliphatic rings. The van der Waals surface area contributed by atoms with Crippen molar-refractivity contribution in [1.29, 1.82) is 0 Å². The Kier molecular flexibility index (Phi) is 2.12. The number of fused-ring (bicyclic) bond motifs is 5. The summed E-state index contributed by atoms with van der Waals surface area (Å²) in [5.74, 6) is 4.30. The Balaban J connectivity index is 1.44. The van der Waals surface area contributed by atoms with Crippen LogP contribution in [-0.2, 0) is 0 Å². The molecule has 3 aliphatic carbocycles. The molecule has 0 amide bonds. The first-order chi connectivity index (χ1) is 7.31. The van der Waals surface area contributed by atoms with Crippen LogP contribution in [0.25, 0.3) is 0 Å². The van der Waals surface area contributed by atoms with Crippen LogP contribution >= 0.6 is 0 Å². The second-order valence-electron chi connectivity index (χ2n) is 5.31. The van der Waals surface area contributed by atoms with Crippen molar-refractivity contribution < 1.29 is 5.21 Å². The van der Waals surface area contributed by atoms with Gasteiger partial charge in [0.15, 0.2) is 0 Å². The maximum atomic E-state index is 8.41. The highest BCUT2D eigenvalue weighted by molar-refractivity contribution is 5.79. The van der Waals surface area contributed by atoms with Gasteiger partial charge >= 0.3 is 0 Å². The van der Waals surface area contributed by atoms with Crippen molar-refractivity contribution in [1.82, 2.24) is 5.32 Å². The normalized spacial score (nSPS) is 46.9. The maximum absolute atomic E-state index is 8.41. The Hall–Kier alpha value is -0.770. The number of amidine groups is 1. The van der Waals surface area contributed by atoms with Gasteiger partial charge in [-0.1, -0.05) is 5.16 Å². The van der Waals surface area contributed by atoms with Gasteiger partial charge < -0.3 is 16.3 Å². The molecule has 0 saturated heterocycles. The van der Waals surface area contributed by atoms with Crippen LogP contribution < -0.4 is 11.1 Å². The topological polar surface area (TPSA) is 70.6 Å². The van der Waals surface area contributed by atoms with E-state index in [-0.39, 0.29) is 0 Å². The molecule has 84 valence electrons. The lowest BCUT2D eigenvalue weighted by Gasteiger charge is -2.09. The average molecular weight is 209 g/mol. The van der Waals surface area contributed by atoms with Crippen molar-refractivity contribution in [3.05, 3.63) is 0 Å². The van der Waals surface area contributed by atoms with Crippen LogP contribution in [0.2, 0.25) is 0 Å². The van der Waals surface area contributed by atoms with Gasteiger partial charge in [-0.25, -0.2) is 0 Å². The molecule has 0 heterocycles. The number of hydrogen-bond donors (Lipinski definition) is 3. The molecular formula is C11H19N3O. The lowest BCUT2D eigenvalue weighted by atomic mass is 10.0. The first-order valence-electron chi connectivity index (χ1n) is 6.01. The molecule has 2 bridgehead atoms. The molecule has 0 aromatic carbocycles. The van der Waals surface area contributed by atoms with Gasteiger partial charge in [-0.15, -0.1) is 0 Å². The summed E-state index contributed by atoms with van der Waals surface area (Å²) in [6.07, 6.45) is 5.07. The number of hydrogen-bond acceptors (Lipinski definition) is 3. The minimum absolute atomic E-state index is 0.330. The predicted octanol–water partition coefficient (Wildman–Crippen LogP) is 0.757. The Morgan fingerprint density at radius 3 is 2.60 bits per heavy atom. The Labute approximate surface area is 89.9 Å². The quantitative estimate of drug-likeness (QED) is 0.277. The first kappa shape index (κ1) is 9.46. The van der Waals surface area contributed by atoms with E-state index >= 15 is 0 Å². The van der Waals surface area contributed by atoms with Crippen molar-refractivity contribution in [3.63, 3.8) is 0 Å². The number of nitrogens with one attached hydrogen (secondary N) is 1. The monoisotopic (exact) mass is 209 g/mol. The lowest BCUT2D eigenvalue weighted by Crippen LogP contribution is -2.27. The van der Waals surface area contributed by atoms with Gasteiger partial charge in [0.2, 0.25) is 0 Å². The zero-order chi connectivity index (χ0) is 10.4. The van der Waals surface area contributed by atoms with E-state index in [1.54, 1.807) is 0 Å². The summed E-state index contributed by atoms with van der Waals surface area (Å²) in [6.45, 7) is 0.854. The highest BCUT2D eigenvalue weighted by Crippen LogP contribution is 2.65. The highest BCUT2D eigenvalue weighted by Gasteiger charge is 2.64. The van der Waals surface area contributed by atoms with Crippen LogP contribution in [0.15, 0.2) is 5.16 Å². The second-order valence-corrected chi connectivity index (χ2v) is 5.31. The number of nitrogens with two attached hydrogens (primary N) is 1. The van der Waals surface area contributed by atoms with Gasteiger partial charge in [0.05, 0.1) is 0 Å². The first-order valence-corrected chi connectivity index (χ1v) is 6.01. The summed E-state index contributed by atoms with van der Waals surface area (Å²) >= 11 is 0. The zero-order valence-corrected chi connectivity index (χ0v) is 8.89. The number of nitrogens with zero attached hydrogens (tertiary/aromatic N) is 1. The third kappa shape index (κ3) is 1.42. The molecule has 15 heavy (non-hydrogen) atoms. The summed E-state index contributed by atoms with van der Waals surface area (Å²) < 4.78 is 0. The molecule has 3 fully saturated rings. The van der Waals surface area contributed by atoms with Crippen molar-refractivity contribution in [2.24, 2.45) is 34.6 Å². The smallest absolute Gasteiger partial charge is 0.140 e. The lowest BCUT2D eigenvalue weighted by molar-refractivity contribution is 0.316. The van der Waals surface area contributed by atoms with Crippen molar-refractivity contribution in [2.75, 3.05) is 6.54 Å². The molecular weight excluding hydrogens is 190 g/mol. The SMILES string of the molecule is NC(CCNC1C2C3CCC(C3)C12)=NO. The van der Waals surface area contributed by atoms with Gasteiger partial charge in [0.1, 0.15) is 5.84 Å². The molecule has 4 N–H and O–H groups in total. The molecule has 4 unspecified atom stereocenters. The van der Waals surface area contributed by atoms with Crippen LogP contribution in [0.5, 0.6) is 0 Å². The van der Waals surface area contributed by atoms with Crippen LogP contribution in [0.4, 0.5) is 0 Å². The largest absolute Gasteiger partial charge is 0.409 e. The molecule has 3 saturated carbocycles. The standard InChI is InChI=1S/C11H19N3O/c12-8(14-15)3-4-13-11-9-6-1-2-7(5-6)10(9)11/h6-7,9-11,13,15H,1-5H2,(H2,12,14). The van der Waals surface area contributed by atoms with Crippen molar-refractivity contribution in [3.8, 4) is 0 Å². The second kappa shape index (κ2) is 3.37. The van der Waals surface area contributed by atoms with E-state index in [0.717, 1.165) is 36.3 Å².